The minimum Gasteiger partial charge on any atom is -0.480 e. The standard InChI is InChI=1S/C19H27NO3/c1-3-5-12-16(9-4-2)18(21)20-17(19(22)23)14-13-15-10-7-6-8-11-15/h4,6-8,10-11,16-17H,2-3,5,9,12-14H2,1H3,(H,20,21)(H,22,23)/t16-,17?/m1/s1. The first kappa shape index (κ1) is 18.9. The molecule has 0 aliphatic rings. The molecule has 0 saturated carbocycles. The molecule has 1 rings (SSSR count). The van der Waals surface area contributed by atoms with Crippen LogP contribution in [-0.2, 0) is 16.0 Å². The zero-order valence-electron chi connectivity index (χ0n) is 13.8. The highest BCUT2D eigenvalue weighted by Gasteiger charge is 2.24. The summed E-state index contributed by atoms with van der Waals surface area (Å²) in [4.78, 5) is 23.8. The van der Waals surface area contributed by atoms with Crippen molar-refractivity contribution in [1.82, 2.24) is 5.32 Å². The Labute approximate surface area is 138 Å². The number of aliphatic carboxylic acids is 1. The summed E-state index contributed by atoms with van der Waals surface area (Å²) in [6.07, 6.45) is 6.04. The van der Waals surface area contributed by atoms with Crippen LogP contribution in [0, 0.1) is 5.92 Å². The Balaban J connectivity index is 2.60. The predicted molar refractivity (Wildman–Crippen MR) is 92.2 cm³/mol. The van der Waals surface area contributed by atoms with Crippen molar-refractivity contribution in [2.75, 3.05) is 0 Å². The third-order valence-corrected chi connectivity index (χ3v) is 3.91. The number of carboxylic acid groups (broad SMARTS) is 1. The van der Waals surface area contributed by atoms with Gasteiger partial charge in [-0.25, -0.2) is 4.79 Å². The molecule has 4 heteroatoms. The Bertz CT molecular complexity index is 499. The van der Waals surface area contributed by atoms with Crippen molar-refractivity contribution < 1.29 is 14.7 Å². The van der Waals surface area contributed by atoms with E-state index in [1.165, 1.54) is 0 Å². The lowest BCUT2D eigenvalue weighted by Gasteiger charge is -2.19. The monoisotopic (exact) mass is 317 g/mol. The first-order valence-corrected chi connectivity index (χ1v) is 8.26. The number of amides is 1. The molecule has 0 aliphatic carbocycles. The van der Waals surface area contributed by atoms with Gasteiger partial charge in [-0.3, -0.25) is 4.79 Å². The van der Waals surface area contributed by atoms with Gasteiger partial charge in [0.2, 0.25) is 5.91 Å². The number of hydrogen-bond acceptors (Lipinski definition) is 2. The second-order valence-electron chi connectivity index (χ2n) is 5.79. The van der Waals surface area contributed by atoms with Crippen LogP contribution >= 0.6 is 0 Å². The van der Waals surface area contributed by atoms with Crippen LogP contribution < -0.4 is 5.32 Å². The van der Waals surface area contributed by atoms with E-state index in [1.54, 1.807) is 6.08 Å². The number of allylic oxidation sites excluding steroid dienone is 1. The Morgan fingerprint density at radius 1 is 1.26 bits per heavy atom. The molecule has 4 nitrogen and oxygen atoms in total. The number of nitrogens with one attached hydrogen (secondary N) is 1. The van der Waals surface area contributed by atoms with E-state index >= 15 is 0 Å². The van der Waals surface area contributed by atoms with Gasteiger partial charge in [0, 0.05) is 5.92 Å². The smallest absolute Gasteiger partial charge is 0.326 e. The topological polar surface area (TPSA) is 66.4 Å². The van der Waals surface area contributed by atoms with Crippen molar-refractivity contribution in [3.8, 4) is 0 Å². The van der Waals surface area contributed by atoms with Gasteiger partial charge in [-0.05, 0) is 31.2 Å². The average molecular weight is 317 g/mol. The molecule has 2 atom stereocenters. The van der Waals surface area contributed by atoms with E-state index in [4.69, 9.17) is 0 Å². The van der Waals surface area contributed by atoms with Crippen molar-refractivity contribution in [3.63, 3.8) is 0 Å². The number of aryl methyl sites for hydroxylation is 1. The highest BCUT2D eigenvalue weighted by molar-refractivity contribution is 5.85. The minimum absolute atomic E-state index is 0.182. The summed E-state index contributed by atoms with van der Waals surface area (Å²) in [7, 11) is 0. The van der Waals surface area contributed by atoms with Gasteiger partial charge in [0.15, 0.2) is 0 Å². The van der Waals surface area contributed by atoms with Crippen molar-refractivity contribution in [2.45, 2.75) is 51.5 Å². The molecule has 1 amide bonds. The molecule has 0 fully saturated rings. The number of rotatable bonds is 11. The lowest BCUT2D eigenvalue weighted by molar-refractivity contribution is -0.142. The molecular weight excluding hydrogens is 290 g/mol. The number of carbonyl (C=O) groups excluding carboxylic acids is 1. The summed E-state index contributed by atoms with van der Waals surface area (Å²) >= 11 is 0. The van der Waals surface area contributed by atoms with E-state index < -0.39 is 12.0 Å². The van der Waals surface area contributed by atoms with Gasteiger partial charge in [-0.2, -0.15) is 0 Å². The molecule has 126 valence electrons. The quantitative estimate of drug-likeness (QED) is 0.613. The molecule has 2 N–H and O–H groups in total. The van der Waals surface area contributed by atoms with E-state index in [-0.39, 0.29) is 11.8 Å². The summed E-state index contributed by atoms with van der Waals surface area (Å²) in [5.74, 6) is -1.35. The maximum Gasteiger partial charge on any atom is 0.326 e. The molecule has 1 aromatic rings. The zero-order chi connectivity index (χ0) is 17.1. The highest BCUT2D eigenvalue weighted by atomic mass is 16.4. The van der Waals surface area contributed by atoms with E-state index in [9.17, 15) is 14.7 Å². The molecule has 0 aromatic heterocycles. The Kier molecular flexibility index (Phi) is 8.73. The summed E-state index contributed by atoms with van der Waals surface area (Å²) in [6, 6.07) is 8.85. The Morgan fingerprint density at radius 2 is 1.96 bits per heavy atom. The molecule has 1 aromatic carbocycles. The summed E-state index contributed by atoms with van der Waals surface area (Å²) in [5.41, 5.74) is 1.07. The zero-order valence-corrected chi connectivity index (χ0v) is 13.8. The van der Waals surface area contributed by atoms with Crippen LogP contribution in [0.15, 0.2) is 43.0 Å². The van der Waals surface area contributed by atoms with E-state index in [0.29, 0.717) is 19.3 Å². The van der Waals surface area contributed by atoms with Crippen LogP contribution in [0.2, 0.25) is 0 Å². The maximum atomic E-state index is 12.3. The van der Waals surface area contributed by atoms with Gasteiger partial charge in [-0.15, -0.1) is 6.58 Å². The molecule has 0 spiro atoms. The van der Waals surface area contributed by atoms with E-state index in [0.717, 1.165) is 24.8 Å². The largest absolute Gasteiger partial charge is 0.480 e. The van der Waals surface area contributed by atoms with E-state index in [1.807, 2.05) is 30.3 Å². The van der Waals surface area contributed by atoms with Crippen LogP contribution in [0.3, 0.4) is 0 Å². The van der Waals surface area contributed by atoms with Crippen LogP contribution in [0.5, 0.6) is 0 Å². The maximum absolute atomic E-state index is 12.3. The van der Waals surface area contributed by atoms with Crippen LogP contribution in [0.1, 0.15) is 44.6 Å². The molecule has 0 saturated heterocycles. The van der Waals surface area contributed by atoms with Crippen LogP contribution in [0.4, 0.5) is 0 Å². The van der Waals surface area contributed by atoms with Gasteiger partial charge in [0.05, 0.1) is 0 Å². The first-order chi connectivity index (χ1) is 11.1. The first-order valence-electron chi connectivity index (χ1n) is 8.26. The predicted octanol–water partition coefficient (Wildman–Crippen LogP) is 3.57. The average Bonchev–Trinajstić information content (AvgIpc) is 2.55. The molecule has 1 unspecified atom stereocenters. The fourth-order valence-corrected chi connectivity index (χ4v) is 2.51. The Hall–Kier alpha value is -2.10. The molecule has 0 radical (unpaired) electrons. The lowest BCUT2D eigenvalue weighted by Crippen LogP contribution is -2.43. The second kappa shape index (κ2) is 10.6. The van der Waals surface area contributed by atoms with Crippen molar-refractivity contribution in [1.29, 1.82) is 0 Å². The third kappa shape index (κ3) is 7.13. The fourth-order valence-electron chi connectivity index (χ4n) is 2.51. The number of hydrogen-bond donors (Lipinski definition) is 2. The van der Waals surface area contributed by atoms with Crippen molar-refractivity contribution in [3.05, 3.63) is 48.6 Å². The minimum atomic E-state index is -0.984. The number of unbranched alkanes of at least 4 members (excludes halogenated alkanes) is 1. The number of carboxylic acids is 1. The van der Waals surface area contributed by atoms with Gasteiger partial charge in [0.25, 0.3) is 0 Å². The fraction of sp³-hybridized carbons (Fsp3) is 0.474. The third-order valence-electron chi connectivity index (χ3n) is 3.91. The molecule has 23 heavy (non-hydrogen) atoms. The molecule has 0 bridgehead atoms. The van der Waals surface area contributed by atoms with E-state index in [2.05, 4.69) is 18.8 Å². The Morgan fingerprint density at radius 3 is 2.52 bits per heavy atom. The SMILES string of the molecule is C=CC[C@H](CCCC)C(=O)NC(CCc1ccccc1)C(=O)O. The van der Waals surface area contributed by atoms with Gasteiger partial charge in [-0.1, -0.05) is 56.2 Å². The number of carbonyl (C=O) groups is 2. The molecule has 0 aliphatic heterocycles. The van der Waals surface area contributed by atoms with Gasteiger partial charge >= 0.3 is 5.97 Å². The normalized spacial score (nSPS) is 13.1. The molecule has 0 heterocycles. The van der Waals surface area contributed by atoms with Crippen LogP contribution in [0.25, 0.3) is 0 Å². The van der Waals surface area contributed by atoms with Gasteiger partial charge in [0.1, 0.15) is 6.04 Å². The van der Waals surface area contributed by atoms with Crippen LogP contribution in [-0.4, -0.2) is 23.0 Å². The molecular formula is C19H27NO3. The van der Waals surface area contributed by atoms with Gasteiger partial charge < -0.3 is 10.4 Å². The second-order valence-corrected chi connectivity index (χ2v) is 5.79. The lowest BCUT2D eigenvalue weighted by atomic mass is 9.96. The summed E-state index contributed by atoms with van der Waals surface area (Å²) < 4.78 is 0. The highest BCUT2D eigenvalue weighted by Crippen LogP contribution is 2.15. The van der Waals surface area contributed by atoms with Crippen molar-refractivity contribution in [2.24, 2.45) is 5.92 Å². The number of benzene rings is 1. The summed E-state index contributed by atoms with van der Waals surface area (Å²) in [5, 5.41) is 12.0. The van der Waals surface area contributed by atoms with Crippen molar-refractivity contribution >= 4 is 11.9 Å². The summed E-state index contributed by atoms with van der Waals surface area (Å²) in [6.45, 7) is 5.76.